The first-order valence-corrected chi connectivity index (χ1v) is 10.0. The van der Waals surface area contributed by atoms with Crippen molar-refractivity contribution in [2.45, 2.75) is 51.6 Å². The number of aromatic amines is 1. The minimum Gasteiger partial charge on any atom is -0.361 e. The Kier molecular flexibility index (Phi) is 3.99. The molecule has 1 aromatic carbocycles. The van der Waals surface area contributed by atoms with Crippen molar-refractivity contribution in [1.29, 1.82) is 0 Å². The predicted molar refractivity (Wildman–Crippen MR) is 109 cm³/mol. The first-order chi connectivity index (χ1) is 13.2. The van der Waals surface area contributed by atoms with Crippen LogP contribution in [0.25, 0.3) is 22.3 Å². The van der Waals surface area contributed by atoms with E-state index in [-0.39, 0.29) is 0 Å². The molecule has 6 heteroatoms. The van der Waals surface area contributed by atoms with E-state index in [9.17, 15) is 0 Å². The third-order valence-corrected chi connectivity index (χ3v) is 5.84. The minimum atomic E-state index is 0.386. The summed E-state index contributed by atoms with van der Waals surface area (Å²) in [6.07, 6.45) is 7.12. The van der Waals surface area contributed by atoms with Crippen LogP contribution in [0.2, 0.25) is 0 Å². The van der Waals surface area contributed by atoms with Crippen LogP contribution in [0, 0.1) is 11.8 Å². The Hall–Kier alpha value is -2.63. The lowest BCUT2D eigenvalue weighted by Crippen LogP contribution is -2.23. The fraction of sp³-hybridized carbons (Fsp3) is 0.476. The lowest BCUT2D eigenvalue weighted by atomic mass is 10.1. The van der Waals surface area contributed by atoms with E-state index in [4.69, 9.17) is 9.97 Å². The van der Waals surface area contributed by atoms with Gasteiger partial charge in [0.2, 0.25) is 11.9 Å². The second-order valence-corrected chi connectivity index (χ2v) is 8.09. The molecule has 2 fully saturated rings. The first kappa shape index (κ1) is 16.5. The van der Waals surface area contributed by atoms with Crippen molar-refractivity contribution in [3.05, 3.63) is 30.5 Å². The molecule has 0 unspecified atom stereocenters. The highest BCUT2D eigenvalue weighted by Gasteiger charge is 2.30. The number of nitrogens with one attached hydrogen (secondary N) is 3. The molecule has 2 atom stereocenters. The number of nitrogens with zero attached hydrogens (tertiary/aromatic N) is 3. The average molecular weight is 362 g/mol. The van der Waals surface area contributed by atoms with Gasteiger partial charge in [0, 0.05) is 34.7 Å². The molecule has 2 saturated carbocycles. The molecule has 3 N–H and O–H groups in total. The van der Waals surface area contributed by atoms with Crippen molar-refractivity contribution >= 4 is 22.8 Å². The summed E-state index contributed by atoms with van der Waals surface area (Å²) in [5, 5.41) is 8.14. The maximum absolute atomic E-state index is 4.76. The molecule has 5 rings (SSSR count). The van der Waals surface area contributed by atoms with Gasteiger partial charge in [-0.2, -0.15) is 15.0 Å². The number of anilines is 2. The maximum Gasteiger partial charge on any atom is 0.228 e. The number of rotatable bonds is 7. The van der Waals surface area contributed by atoms with Crippen LogP contribution in [-0.2, 0) is 0 Å². The highest BCUT2D eigenvalue weighted by Crippen LogP contribution is 2.35. The van der Waals surface area contributed by atoms with E-state index in [2.05, 4.69) is 52.6 Å². The lowest BCUT2D eigenvalue weighted by molar-refractivity contribution is 0.676. The topological polar surface area (TPSA) is 78.5 Å². The molecule has 2 aromatic heterocycles. The fourth-order valence-corrected chi connectivity index (χ4v) is 3.74. The molecule has 27 heavy (non-hydrogen) atoms. The van der Waals surface area contributed by atoms with E-state index in [0.29, 0.717) is 29.8 Å². The van der Waals surface area contributed by atoms with Gasteiger partial charge in [0.1, 0.15) is 0 Å². The summed E-state index contributed by atoms with van der Waals surface area (Å²) < 4.78 is 0. The first-order valence-electron chi connectivity index (χ1n) is 10.0. The number of aromatic nitrogens is 4. The minimum absolute atomic E-state index is 0.386. The van der Waals surface area contributed by atoms with E-state index in [0.717, 1.165) is 28.3 Å². The smallest absolute Gasteiger partial charge is 0.228 e. The molecular formula is C21H26N6. The van der Waals surface area contributed by atoms with Gasteiger partial charge in [-0.3, -0.25) is 0 Å². The normalized spacial score (nSPS) is 19.0. The Morgan fingerprint density at radius 3 is 2.11 bits per heavy atom. The largest absolute Gasteiger partial charge is 0.361 e. The molecule has 0 aliphatic heterocycles. The summed E-state index contributed by atoms with van der Waals surface area (Å²) in [4.78, 5) is 17.5. The van der Waals surface area contributed by atoms with Gasteiger partial charge in [0.05, 0.1) is 0 Å². The summed E-state index contributed by atoms with van der Waals surface area (Å²) in [6, 6.07) is 9.04. The number of H-pyrrole nitrogens is 1. The van der Waals surface area contributed by atoms with Crippen molar-refractivity contribution < 1.29 is 0 Å². The van der Waals surface area contributed by atoms with Crippen molar-refractivity contribution in [1.82, 2.24) is 19.9 Å². The van der Waals surface area contributed by atoms with Crippen LogP contribution in [-0.4, -0.2) is 32.0 Å². The van der Waals surface area contributed by atoms with Crippen molar-refractivity contribution in [3.63, 3.8) is 0 Å². The number of benzene rings is 1. The molecule has 6 nitrogen and oxygen atoms in total. The highest BCUT2D eigenvalue weighted by molar-refractivity contribution is 5.93. The van der Waals surface area contributed by atoms with Crippen molar-refractivity contribution in [2.75, 3.05) is 10.6 Å². The van der Waals surface area contributed by atoms with Gasteiger partial charge in [-0.25, -0.2) is 0 Å². The Morgan fingerprint density at radius 1 is 0.889 bits per heavy atom. The number of fused-ring (bicyclic) bond motifs is 1. The van der Waals surface area contributed by atoms with Gasteiger partial charge in [0.15, 0.2) is 5.82 Å². The molecule has 140 valence electrons. The zero-order valence-electron chi connectivity index (χ0n) is 15.9. The zero-order valence-corrected chi connectivity index (χ0v) is 15.9. The van der Waals surface area contributed by atoms with Gasteiger partial charge in [-0.1, -0.05) is 12.1 Å². The highest BCUT2D eigenvalue weighted by atomic mass is 15.2. The van der Waals surface area contributed by atoms with Crippen molar-refractivity contribution in [3.8, 4) is 11.4 Å². The molecule has 0 amide bonds. The van der Waals surface area contributed by atoms with Crippen LogP contribution in [0.5, 0.6) is 0 Å². The molecule has 3 aromatic rings. The van der Waals surface area contributed by atoms with Crippen LogP contribution in [0.1, 0.15) is 39.5 Å². The SMILES string of the molecule is C[C@@H](Nc1nc(N[C@H](C)C2CC2)nc(-c2cccc3[nH]ccc23)n1)C1CC1. The summed E-state index contributed by atoms with van der Waals surface area (Å²) in [6.45, 7) is 4.43. The van der Waals surface area contributed by atoms with Gasteiger partial charge in [0.25, 0.3) is 0 Å². The van der Waals surface area contributed by atoms with Crippen molar-refractivity contribution in [2.24, 2.45) is 11.8 Å². The second-order valence-electron chi connectivity index (χ2n) is 8.09. The van der Waals surface area contributed by atoms with Crippen LogP contribution in [0.15, 0.2) is 30.5 Å². The van der Waals surface area contributed by atoms with Crippen LogP contribution < -0.4 is 10.6 Å². The summed E-state index contributed by atoms with van der Waals surface area (Å²) in [7, 11) is 0. The van der Waals surface area contributed by atoms with Gasteiger partial charge in [-0.15, -0.1) is 0 Å². The second kappa shape index (κ2) is 6.51. The molecule has 2 aliphatic rings. The van der Waals surface area contributed by atoms with Crippen LogP contribution in [0.4, 0.5) is 11.9 Å². The molecule has 0 bridgehead atoms. The number of hydrogen-bond acceptors (Lipinski definition) is 5. The van der Waals surface area contributed by atoms with Crippen LogP contribution >= 0.6 is 0 Å². The molecular weight excluding hydrogens is 336 g/mol. The quantitative estimate of drug-likeness (QED) is 0.579. The Bertz CT molecular complexity index is 918. The maximum atomic E-state index is 4.76. The van der Waals surface area contributed by atoms with Gasteiger partial charge >= 0.3 is 0 Å². The van der Waals surface area contributed by atoms with Gasteiger partial charge < -0.3 is 15.6 Å². The molecule has 2 heterocycles. The lowest BCUT2D eigenvalue weighted by Gasteiger charge is -2.17. The molecule has 0 radical (unpaired) electrons. The van der Waals surface area contributed by atoms with E-state index in [1.165, 1.54) is 25.7 Å². The Balaban J connectivity index is 1.52. The summed E-state index contributed by atoms with van der Waals surface area (Å²) in [5.41, 5.74) is 2.12. The van der Waals surface area contributed by atoms with E-state index < -0.39 is 0 Å². The van der Waals surface area contributed by atoms with E-state index in [1.54, 1.807) is 0 Å². The van der Waals surface area contributed by atoms with Crippen LogP contribution in [0.3, 0.4) is 0 Å². The zero-order chi connectivity index (χ0) is 18.4. The number of hydrogen-bond donors (Lipinski definition) is 3. The summed E-state index contributed by atoms with van der Waals surface area (Å²) in [5.74, 6) is 3.52. The fourth-order valence-electron chi connectivity index (χ4n) is 3.74. The van der Waals surface area contributed by atoms with E-state index >= 15 is 0 Å². The molecule has 0 saturated heterocycles. The third-order valence-electron chi connectivity index (χ3n) is 5.84. The molecule has 0 spiro atoms. The standard InChI is InChI=1S/C21H26N6/c1-12(14-6-7-14)23-20-25-19(17-4-3-5-18-16(17)10-11-22-18)26-21(27-20)24-13(2)15-8-9-15/h3-5,10-15,22H,6-9H2,1-2H3,(H2,23,24,25,26,27)/t12-,13-/m1/s1. The predicted octanol–water partition coefficient (Wildman–Crippen LogP) is 4.44. The average Bonchev–Trinajstić information content (AvgIpc) is 3.57. The summed E-state index contributed by atoms with van der Waals surface area (Å²) >= 11 is 0. The Labute approximate surface area is 159 Å². The van der Waals surface area contributed by atoms with Gasteiger partial charge in [-0.05, 0) is 63.5 Å². The molecule has 2 aliphatic carbocycles. The third kappa shape index (κ3) is 3.48. The monoisotopic (exact) mass is 362 g/mol. The van der Waals surface area contributed by atoms with E-state index in [1.807, 2.05) is 12.3 Å². The Morgan fingerprint density at radius 2 is 1.52 bits per heavy atom.